The number of phenolic OH excluding ortho intramolecular Hbond substituents is 2. The Balaban J connectivity index is 1.75. The Morgan fingerprint density at radius 2 is 1.72 bits per heavy atom. The van der Waals surface area contributed by atoms with E-state index < -0.39 is 11.7 Å². The average molecular weight is 345 g/mol. The van der Waals surface area contributed by atoms with Crippen LogP contribution in [0.2, 0.25) is 0 Å². The first-order chi connectivity index (χ1) is 11.9. The van der Waals surface area contributed by atoms with Crippen LogP contribution >= 0.6 is 0 Å². The van der Waals surface area contributed by atoms with Crippen molar-refractivity contribution in [2.45, 2.75) is 12.8 Å². The number of carbonyl (C=O) groups excluding carboxylic acids is 2. The van der Waals surface area contributed by atoms with Crippen LogP contribution in [0.1, 0.15) is 18.4 Å². The van der Waals surface area contributed by atoms with Gasteiger partial charge in [-0.2, -0.15) is 5.10 Å². The van der Waals surface area contributed by atoms with Crippen LogP contribution < -0.4 is 10.7 Å². The number of hydrogen-bond acceptors (Lipinski definition) is 5. The molecule has 0 aliphatic rings. The van der Waals surface area contributed by atoms with Crippen LogP contribution in [0.4, 0.5) is 10.1 Å². The summed E-state index contributed by atoms with van der Waals surface area (Å²) in [7, 11) is 0. The summed E-state index contributed by atoms with van der Waals surface area (Å²) in [6.07, 6.45) is 1.06. The van der Waals surface area contributed by atoms with Gasteiger partial charge in [0.2, 0.25) is 11.8 Å². The Morgan fingerprint density at radius 3 is 2.40 bits per heavy atom. The van der Waals surface area contributed by atoms with Crippen molar-refractivity contribution in [1.29, 1.82) is 0 Å². The number of nitrogens with one attached hydrogen (secondary N) is 2. The zero-order chi connectivity index (χ0) is 18.2. The fourth-order valence-corrected chi connectivity index (χ4v) is 1.85. The smallest absolute Gasteiger partial charge is 0.240 e. The lowest BCUT2D eigenvalue weighted by Crippen LogP contribution is -2.20. The molecule has 0 aliphatic carbocycles. The standard InChI is InChI=1S/C17H16FN3O4/c18-12-2-4-13(5-3-12)20-16(24)7-8-17(25)21-19-10-11-1-6-14(22)9-15(11)23/h1-6,9-10,22-23H,7-8H2,(H,20,24)(H,21,25)/b19-10-. The van der Waals surface area contributed by atoms with Crippen LogP contribution in [-0.4, -0.2) is 28.2 Å². The number of halogens is 1. The third-order valence-electron chi connectivity index (χ3n) is 3.11. The maximum Gasteiger partial charge on any atom is 0.240 e. The van der Waals surface area contributed by atoms with E-state index in [0.29, 0.717) is 11.3 Å². The molecular weight excluding hydrogens is 329 g/mol. The lowest BCUT2D eigenvalue weighted by Gasteiger charge is -2.04. The third kappa shape index (κ3) is 5.94. The fourth-order valence-electron chi connectivity index (χ4n) is 1.85. The van der Waals surface area contributed by atoms with Crippen molar-refractivity contribution < 1.29 is 24.2 Å². The van der Waals surface area contributed by atoms with Gasteiger partial charge in [0, 0.05) is 30.2 Å². The molecule has 130 valence electrons. The monoisotopic (exact) mass is 345 g/mol. The van der Waals surface area contributed by atoms with Crippen molar-refractivity contribution in [2.75, 3.05) is 5.32 Å². The molecule has 2 rings (SSSR count). The summed E-state index contributed by atoms with van der Waals surface area (Å²) in [6, 6.07) is 9.21. The molecule has 0 heterocycles. The Labute approximate surface area is 142 Å². The molecule has 0 spiro atoms. The summed E-state index contributed by atoms with van der Waals surface area (Å²) in [5, 5.41) is 24.9. The molecule has 0 saturated heterocycles. The molecule has 2 amide bonds. The molecule has 0 radical (unpaired) electrons. The van der Waals surface area contributed by atoms with E-state index in [-0.39, 0.29) is 30.2 Å². The minimum Gasteiger partial charge on any atom is -0.508 e. The summed E-state index contributed by atoms with van der Waals surface area (Å²) in [4.78, 5) is 23.3. The average Bonchev–Trinajstić information content (AvgIpc) is 2.57. The lowest BCUT2D eigenvalue weighted by atomic mass is 10.2. The van der Waals surface area contributed by atoms with E-state index in [4.69, 9.17) is 5.11 Å². The first-order valence-electron chi connectivity index (χ1n) is 7.33. The normalized spacial score (nSPS) is 10.6. The number of nitrogens with zero attached hydrogens (tertiary/aromatic N) is 1. The zero-order valence-corrected chi connectivity index (χ0v) is 13.1. The van der Waals surface area contributed by atoms with Crippen molar-refractivity contribution in [3.8, 4) is 11.5 Å². The molecule has 25 heavy (non-hydrogen) atoms. The van der Waals surface area contributed by atoms with Gasteiger partial charge in [-0.3, -0.25) is 9.59 Å². The lowest BCUT2D eigenvalue weighted by molar-refractivity contribution is -0.124. The molecule has 0 aromatic heterocycles. The number of hydrogen-bond donors (Lipinski definition) is 4. The van der Waals surface area contributed by atoms with Crippen LogP contribution in [0.3, 0.4) is 0 Å². The first kappa shape index (κ1) is 17.9. The summed E-state index contributed by atoms with van der Waals surface area (Å²) in [6.45, 7) is 0. The van der Waals surface area contributed by atoms with E-state index in [2.05, 4.69) is 15.8 Å². The summed E-state index contributed by atoms with van der Waals surface area (Å²) in [5.41, 5.74) is 2.98. The highest BCUT2D eigenvalue weighted by Crippen LogP contribution is 2.20. The van der Waals surface area contributed by atoms with Gasteiger partial charge in [0.25, 0.3) is 0 Å². The molecule has 0 bridgehead atoms. The number of hydrazone groups is 1. The van der Waals surface area contributed by atoms with Crippen LogP contribution in [0.25, 0.3) is 0 Å². The fraction of sp³-hybridized carbons (Fsp3) is 0.118. The maximum absolute atomic E-state index is 12.8. The van der Waals surface area contributed by atoms with E-state index in [0.717, 1.165) is 6.07 Å². The number of aromatic hydroxyl groups is 2. The molecule has 0 saturated carbocycles. The van der Waals surface area contributed by atoms with E-state index >= 15 is 0 Å². The quantitative estimate of drug-likeness (QED) is 0.474. The molecular formula is C17H16FN3O4. The van der Waals surface area contributed by atoms with Crippen molar-refractivity contribution in [2.24, 2.45) is 5.10 Å². The second-order valence-corrected chi connectivity index (χ2v) is 5.09. The molecule has 8 heteroatoms. The van der Waals surface area contributed by atoms with Gasteiger partial charge in [0.05, 0.1) is 6.21 Å². The minimum atomic E-state index is -0.483. The Bertz CT molecular complexity index is 791. The number of carbonyl (C=O) groups is 2. The van der Waals surface area contributed by atoms with Crippen LogP contribution in [0.15, 0.2) is 47.6 Å². The van der Waals surface area contributed by atoms with E-state index in [1.807, 2.05) is 0 Å². The Morgan fingerprint density at radius 1 is 1.04 bits per heavy atom. The van der Waals surface area contributed by atoms with Crippen LogP contribution in [0.5, 0.6) is 11.5 Å². The van der Waals surface area contributed by atoms with Gasteiger partial charge in [0.15, 0.2) is 0 Å². The summed E-state index contributed by atoms with van der Waals surface area (Å²) < 4.78 is 12.8. The van der Waals surface area contributed by atoms with Crippen LogP contribution in [0, 0.1) is 5.82 Å². The summed E-state index contributed by atoms with van der Waals surface area (Å²) in [5.74, 6) is -1.55. The summed E-state index contributed by atoms with van der Waals surface area (Å²) >= 11 is 0. The number of phenols is 2. The molecule has 2 aromatic carbocycles. The number of benzene rings is 2. The van der Waals surface area contributed by atoms with Gasteiger partial charge in [-0.15, -0.1) is 0 Å². The zero-order valence-electron chi connectivity index (χ0n) is 13.1. The van der Waals surface area contributed by atoms with Gasteiger partial charge < -0.3 is 15.5 Å². The predicted molar refractivity (Wildman–Crippen MR) is 89.8 cm³/mol. The largest absolute Gasteiger partial charge is 0.508 e. The van der Waals surface area contributed by atoms with Gasteiger partial charge in [0.1, 0.15) is 17.3 Å². The highest BCUT2D eigenvalue weighted by Gasteiger charge is 2.07. The number of anilines is 1. The predicted octanol–water partition coefficient (Wildman–Crippen LogP) is 2.11. The number of rotatable bonds is 6. The Hall–Kier alpha value is -3.42. The highest BCUT2D eigenvalue weighted by molar-refractivity contribution is 5.93. The van der Waals surface area contributed by atoms with Crippen molar-refractivity contribution in [3.63, 3.8) is 0 Å². The Kier molecular flexibility index (Phi) is 6.05. The van der Waals surface area contributed by atoms with Crippen molar-refractivity contribution in [3.05, 3.63) is 53.8 Å². The molecule has 0 unspecified atom stereocenters. The van der Waals surface area contributed by atoms with Crippen LogP contribution in [-0.2, 0) is 9.59 Å². The van der Waals surface area contributed by atoms with Crippen molar-refractivity contribution in [1.82, 2.24) is 5.43 Å². The van der Waals surface area contributed by atoms with Crippen molar-refractivity contribution >= 4 is 23.7 Å². The van der Waals surface area contributed by atoms with Gasteiger partial charge in [-0.05, 0) is 36.4 Å². The second kappa shape index (κ2) is 8.44. The van der Waals surface area contributed by atoms with E-state index in [1.54, 1.807) is 0 Å². The molecule has 0 aliphatic heterocycles. The molecule has 0 atom stereocenters. The second-order valence-electron chi connectivity index (χ2n) is 5.09. The van der Waals surface area contributed by atoms with E-state index in [1.165, 1.54) is 42.6 Å². The molecule has 2 aromatic rings. The molecule has 4 N–H and O–H groups in total. The van der Waals surface area contributed by atoms with Gasteiger partial charge >= 0.3 is 0 Å². The molecule has 7 nitrogen and oxygen atoms in total. The van der Waals surface area contributed by atoms with Gasteiger partial charge in [-0.1, -0.05) is 0 Å². The minimum absolute atomic E-state index is 0.0663. The first-order valence-corrected chi connectivity index (χ1v) is 7.33. The SMILES string of the molecule is O=C(CCC(=O)Nc1ccc(F)cc1)N/N=C\c1ccc(O)cc1O. The topological polar surface area (TPSA) is 111 Å². The number of amides is 2. The van der Waals surface area contributed by atoms with E-state index in [9.17, 15) is 19.1 Å². The third-order valence-corrected chi connectivity index (χ3v) is 3.11. The highest BCUT2D eigenvalue weighted by atomic mass is 19.1. The van der Waals surface area contributed by atoms with Gasteiger partial charge in [-0.25, -0.2) is 9.82 Å². The molecule has 0 fully saturated rings. The maximum atomic E-state index is 12.8.